The standard InChI is InChI=1S/C6H8O7.K.6H2O.H/c7-3(8)1-6(13,5(11)12)2-4(9)10;;;;;;;;/h13H,1-2H2,(H,7,8)(H,9,10)(H,11,12);;6*1H2;. The van der Waals surface area contributed by atoms with Gasteiger partial charge in [-0.1, -0.05) is 0 Å². The van der Waals surface area contributed by atoms with Crippen LogP contribution in [0.5, 0.6) is 0 Å². The Bertz CT molecular complexity index is 237. The maximum absolute atomic E-state index is 10.3. The van der Waals surface area contributed by atoms with Crippen LogP contribution in [0, 0.1) is 0 Å². The van der Waals surface area contributed by atoms with Crippen molar-refractivity contribution >= 4 is 69.3 Å². The molecular formula is C6H21KO13. The minimum absolute atomic E-state index is 0. The molecule has 0 saturated heterocycles. The van der Waals surface area contributed by atoms with Crippen molar-refractivity contribution in [2.75, 3.05) is 0 Å². The zero-order valence-electron chi connectivity index (χ0n) is 9.43. The van der Waals surface area contributed by atoms with E-state index in [0.29, 0.717) is 0 Å². The van der Waals surface area contributed by atoms with Gasteiger partial charge in [0.2, 0.25) is 0 Å². The number of aliphatic carboxylic acids is 3. The van der Waals surface area contributed by atoms with Gasteiger partial charge in [0.15, 0.2) is 5.60 Å². The predicted octanol–water partition coefficient (Wildman–Crippen LogP) is -6.85. The number of rotatable bonds is 5. The van der Waals surface area contributed by atoms with Gasteiger partial charge in [0.05, 0.1) is 12.8 Å². The monoisotopic (exact) mass is 340 g/mol. The Morgan fingerprint density at radius 3 is 1.00 bits per heavy atom. The second-order valence-electron chi connectivity index (χ2n) is 2.48. The van der Waals surface area contributed by atoms with E-state index in [1.165, 1.54) is 0 Å². The first-order chi connectivity index (χ1) is 5.78. The van der Waals surface area contributed by atoms with Crippen molar-refractivity contribution in [1.29, 1.82) is 0 Å². The molecule has 13 nitrogen and oxygen atoms in total. The molecule has 0 aromatic carbocycles. The third-order valence-electron chi connectivity index (χ3n) is 1.29. The van der Waals surface area contributed by atoms with Crippen LogP contribution in [-0.4, -0.2) is 128 Å². The molecule has 0 aliphatic rings. The van der Waals surface area contributed by atoms with Crippen LogP contribution in [0.1, 0.15) is 12.8 Å². The molecule has 0 aliphatic heterocycles. The molecule has 0 heterocycles. The van der Waals surface area contributed by atoms with Crippen molar-refractivity contribution in [3.63, 3.8) is 0 Å². The fourth-order valence-corrected chi connectivity index (χ4v) is 0.714. The van der Waals surface area contributed by atoms with Gasteiger partial charge in [-0.15, -0.1) is 0 Å². The Morgan fingerprint density at radius 2 is 0.900 bits per heavy atom. The number of carboxylic acid groups (broad SMARTS) is 3. The molecule has 0 rings (SSSR count). The molecule has 124 valence electrons. The molecule has 0 radical (unpaired) electrons. The Kier molecular flexibility index (Phi) is 53.0. The molecule has 0 aromatic rings. The first-order valence-corrected chi connectivity index (χ1v) is 3.17. The number of hydrogen-bond acceptors (Lipinski definition) is 4. The summed E-state index contributed by atoms with van der Waals surface area (Å²) in [7, 11) is 0. The summed E-state index contributed by atoms with van der Waals surface area (Å²) in [6.45, 7) is 0. The normalized spacial score (nSPS) is 7.05. The van der Waals surface area contributed by atoms with E-state index in [9.17, 15) is 14.4 Å². The second-order valence-corrected chi connectivity index (χ2v) is 2.48. The number of hydrogen-bond donors (Lipinski definition) is 4. The summed E-state index contributed by atoms with van der Waals surface area (Å²) in [5.74, 6) is -5.02. The SMILES string of the molecule is O.O.O.O.O.O.O=C(O)CC(O)(CC(=O)O)C(=O)O.[KH]. The van der Waals surface area contributed by atoms with E-state index in [2.05, 4.69) is 0 Å². The average molecular weight is 340 g/mol. The van der Waals surface area contributed by atoms with Crippen LogP contribution in [-0.2, 0) is 14.4 Å². The van der Waals surface area contributed by atoms with Crippen molar-refractivity contribution in [3.05, 3.63) is 0 Å². The first kappa shape index (κ1) is 50.3. The Labute approximate surface area is 154 Å². The molecule has 0 bridgehead atoms. The van der Waals surface area contributed by atoms with Crippen molar-refractivity contribution in [2.24, 2.45) is 0 Å². The number of aliphatic hydroxyl groups is 1. The molecule has 14 heteroatoms. The maximum atomic E-state index is 10.3. The van der Waals surface area contributed by atoms with Crippen molar-refractivity contribution < 1.29 is 67.7 Å². The molecular weight excluding hydrogens is 319 g/mol. The van der Waals surface area contributed by atoms with Crippen LogP contribution in [0.15, 0.2) is 0 Å². The van der Waals surface area contributed by atoms with E-state index < -0.39 is 36.4 Å². The summed E-state index contributed by atoms with van der Waals surface area (Å²) in [6.07, 6.45) is -2.29. The van der Waals surface area contributed by atoms with Gasteiger partial charge in [-0.05, 0) is 0 Å². The Balaban J connectivity index is -0.0000000343. The Morgan fingerprint density at radius 1 is 0.700 bits per heavy atom. The quantitative estimate of drug-likeness (QED) is 0.349. The van der Waals surface area contributed by atoms with Crippen LogP contribution >= 0.6 is 0 Å². The molecule has 0 spiro atoms. The molecule has 0 saturated carbocycles. The average Bonchev–Trinajstić information content (AvgIpc) is 1.82. The van der Waals surface area contributed by atoms with Crippen LogP contribution in [0.2, 0.25) is 0 Å². The topological polar surface area (TPSA) is 321 Å². The third-order valence-corrected chi connectivity index (χ3v) is 1.29. The fraction of sp³-hybridized carbons (Fsp3) is 0.500. The Hall–Kier alpha value is -0.234. The van der Waals surface area contributed by atoms with Gasteiger partial charge in [-0.3, -0.25) is 9.59 Å². The molecule has 0 aliphatic carbocycles. The summed E-state index contributed by atoms with van der Waals surface area (Å²) in [5, 5.41) is 33.8. The zero-order chi connectivity index (χ0) is 10.6. The molecule has 0 atom stereocenters. The fourth-order valence-electron chi connectivity index (χ4n) is 0.714. The predicted molar refractivity (Wildman–Crippen MR) is 65.9 cm³/mol. The minimum atomic E-state index is -2.74. The van der Waals surface area contributed by atoms with Gasteiger partial charge in [0.1, 0.15) is 0 Å². The van der Waals surface area contributed by atoms with Gasteiger partial charge in [-0.25, -0.2) is 4.79 Å². The molecule has 20 heavy (non-hydrogen) atoms. The van der Waals surface area contributed by atoms with E-state index in [1.807, 2.05) is 0 Å². The van der Waals surface area contributed by atoms with Crippen LogP contribution in [0.4, 0.5) is 0 Å². The van der Waals surface area contributed by atoms with E-state index in [4.69, 9.17) is 20.4 Å². The van der Waals surface area contributed by atoms with Gasteiger partial charge < -0.3 is 53.3 Å². The summed E-state index contributed by atoms with van der Waals surface area (Å²) in [6, 6.07) is 0. The van der Waals surface area contributed by atoms with Crippen LogP contribution in [0.25, 0.3) is 0 Å². The van der Waals surface area contributed by atoms with Crippen molar-refractivity contribution in [3.8, 4) is 0 Å². The first-order valence-electron chi connectivity index (χ1n) is 3.17. The number of carbonyl (C=O) groups is 3. The van der Waals surface area contributed by atoms with Gasteiger partial charge in [0.25, 0.3) is 0 Å². The van der Waals surface area contributed by atoms with Crippen molar-refractivity contribution in [1.82, 2.24) is 0 Å². The molecule has 0 aromatic heterocycles. The van der Waals surface area contributed by atoms with E-state index in [1.54, 1.807) is 0 Å². The summed E-state index contributed by atoms with van der Waals surface area (Å²) < 4.78 is 0. The van der Waals surface area contributed by atoms with E-state index in [0.717, 1.165) is 0 Å². The molecule has 0 amide bonds. The summed E-state index contributed by atoms with van der Waals surface area (Å²) in [5.41, 5.74) is -2.74. The summed E-state index contributed by atoms with van der Waals surface area (Å²) in [4.78, 5) is 30.5. The molecule has 16 N–H and O–H groups in total. The molecule has 0 unspecified atom stereocenters. The van der Waals surface area contributed by atoms with Gasteiger partial charge in [-0.2, -0.15) is 0 Å². The summed E-state index contributed by atoms with van der Waals surface area (Å²) >= 11 is 0. The van der Waals surface area contributed by atoms with Crippen molar-refractivity contribution in [2.45, 2.75) is 18.4 Å². The zero-order valence-corrected chi connectivity index (χ0v) is 9.43. The number of carboxylic acids is 3. The van der Waals surface area contributed by atoms with E-state index >= 15 is 0 Å². The van der Waals surface area contributed by atoms with Crippen LogP contribution < -0.4 is 0 Å². The van der Waals surface area contributed by atoms with Crippen LogP contribution in [0.3, 0.4) is 0 Å². The van der Waals surface area contributed by atoms with E-state index in [-0.39, 0.29) is 84.2 Å². The van der Waals surface area contributed by atoms with Gasteiger partial charge in [0, 0.05) is 0 Å². The van der Waals surface area contributed by atoms with Gasteiger partial charge >= 0.3 is 69.3 Å². The molecule has 0 fully saturated rings. The second kappa shape index (κ2) is 21.1. The third kappa shape index (κ3) is 20.1.